The van der Waals surface area contributed by atoms with Gasteiger partial charge in [0.15, 0.2) is 0 Å². The van der Waals surface area contributed by atoms with Crippen LogP contribution in [0.15, 0.2) is 59.5 Å². The van der Waals surface area contributed by atoms with Gasteiger partial charge in [0.05, 0.1) is 22.0 Å². The zero-order chi connectivity index (χ0) is 17.1. The van der Waals surface area contributed by atoms with Gasteiger partial charge >= 0.3 is 0 Å². The van der Waals surface area contributed by atoms with Crippen molar-refractivity contribution in [3.05, 3.63) is 70.9 Å². The Morgan fingerprint density at radius 2 is 1.92 bits per heavy atom. The molecule has 3 aromatic rings. The maximum Gasteiger partial charge on any atom is 0.258 e. The molecular weight excluding hydrogens is 342 g/mol. The zero-order valence-electron chi connectivity index (χ0n) is 13.3. The van der Waals surface area contributed by atoms with E-state index >= 15 is 0 Å². The van der Waals surface area contributed by atoms with Gasteiger partial charge in [0, 0.05) is 11.0 Å². The van der Waals surface area contributed by atoms with E-state index in [0.717, 1.165) is 16.3 Å². The van der Waals surface area contributed by atoms with Crippen LogP contribution >= 0.6 is 23.4 Å². The second-order valence-corrected chi connectivity index (χ2v) is 6.51. The third-order valence-electron chi connectivity index (χ3n) is 3.49. The number of aryl methyl sites for hydroxylation is 1. The highest BCUT2D eigenvalue weighted by Crippen LogP contribution is 2.25. The highest BCUT2D eigenvalue weighted by molar-refractivity contribution is 7.98. The molecule has 0 saturated carbocycles. The SMILES string of the molecule is CSc1ccc(Cl)c(C(=O)Nc2cc(C)nn2-c2ccccc2)c1. The molecule has 1 heterocycles. The number of benzene rings is 2. The summed E-state index contributed by atoms with van der Waals surface area (Å²) in [7, 11) is 0. The molecule has 0 aliphatic rings. The number of halogens is 1. The van der Waals surface area contributed by atoms with E-state index in [-0.39, 0.29) is 5.91 Å². The Bertz CT molecular complexity index is 877. The Morgan fingerprint density at radius 1 is 1.17 bits per heavy atom. The minimum atomic E-state index is -0.256. The summed E-state index contributed by atoms with van der Waals surface area (Å²) < 4.78 is 1.71. The van der Waals surface area contributed by atoms with Gasteiger partial charge in [-0.3, -0.25) is 4.79 Å². The number of aromatic nitrogens is 2. The molecule has 1 aromatic heterocycles. The van der Waals surface area contributed by atoms with Gasteiger partial charge in [0.2, 0.25) is 0 Å². The van der Waals surface area contributed by atoms with E-state index in [9.17, 15) is 4.79 Å². The minimum absolute atomic E-state index is 0.256. The Hall–Kier alpha value is -2.24. The van der Waals surface area contributed by atoms with Crippen LogP contribution < -0.4 is 5.32 Å². The number of anilines is 1. The summed E-state index contributed by atoms with van der Waals surface area (Å²) in [5.74, 6) is 0.349. The van der Waals surface area contributed by atoms with Crippen molar-refractivity contribution in [3.63, 3.8) is 0 Å². The second kappa shape index (κ2) is 7.11. The lowest BCUT2D eigenvalue weighted by Gasteiger charge is -2.10. The number of carbonyl (C=O) groups is 1. The first-order chi connectivity index (χ1) is 11.6. The van der Waals surface area contributed by atoms with Gasteiger partial charge in [0.1, 0.15) is 5.82 Å². The van der Waals surface area contributed by atoms with Crippen LogP contribution in [-0.4, -0.2) is 21.9 Å². The van der Waals surface area contributed by atoms with Crippen LogP contribution in [0, 0.1) is 6.92 Å². The number of hydrogen-bond donors (Lipinski definition) is 1. The predicted molar refractivity (Wildman–Crippen MR) is 99.5 cm³/mol. The van der Waals surface area contributed by atoms with Crippen molar-refractivity contribution in [2.75, 3.05) is 11.6 Å². The van der Waals surface area contributed by atoms with Crippen molar-refractivity contribution in [3.8, 4) is 5.69 Å². The summed E-state index contributed by atoms with van der Waals surface area (Å²) in [5, 5.41) is 7.78. The summed E-state index contributed by atoms with van der Waals surface area (Å²) in [4.78, 5) is 13.6. The number of nitrogens with one attached hydrogen (secondary N) is 1. The predicted octanol–water partition coefficient (Wildman–Crippen LogP) is 4.81. The van der Waals surface area contributed by atoms with Crippen molar-refractivity contribution < 1.29 is 4.79 Å². The molecule has 0 bridgehead atoms. The average molecular weight is 358 g/mol. The number of rotatable bonds is 4. The smallest absolute Gasteiger partial charge is 0.258 e. The number of thioether (sulfide) groups is 1. The van der Waals surface area contributed by atoms with Gasteiger partial charge in [-0.25, -0.2) is 4.68 Å². The number of carbonyl (C=O) groups excluding carboxylic acids is 1. The molecule has 1 amide bonds. The Balaban J connectivity index is 1.93. The van der Waals surface area contributed by atoms with Crippen LogP contribution in [-0.2, 0) is 0 Å². The van der Waals surface area contributed by atoms with E-state index < -0.39 is 0 Å². The maximum absolute atomic E-state index is 12.6. The van der Waals surface area contributed by atoms with Gasteiger partial charge in [-0.2, -0.15) is 5.10 Å². The van der Waals surface area contributed by atoms with Crippen molar-refractivity contribution in [2.24, 2.45) is 0 Å². The van der Waals surface area contributed by atoms with Crippen LogP contribution in [0.1, 0.15) is 16.1 Å². The van der Waals surface area contributed by atoms with E-state index in [1.54, 1.807) is 28.6 Å². The normalized spacial score (nSPS) is 10.6. The lowest BCUT2D eigenvalue weighted by Crippen LogP contribution is -2.15. The Kier molecular flexibility index (Phi) is 4.92. The van der Waals surface area contributed by atoms with E-state index in [0.29, 0.717) is 16.4 Å². The van der Waals surface area contributed by atoms with Gasteiger partial charge in [0.25, 0.3) is 5.91 Å². The fraction of sp³-hybridized carbons (Fsp3) is 0.111. The van der Waals surface area contributed by atoms with Crippen LogP contribution in [0.3, 0.4) is 0 Å². The van der Waals surface area contributed by atoms with Crippen LogP contribution in [0.4, 0.5) is 5.82 Å². The van der Waals surface area contributed by atoms with E-state index in [1.807, 2.05) is 55.6 Å². The summed E-state index contributed by atoms with van der Waals surface area (Å²) in [6.07, 6.45) is 1.96. The number of nitrogens with zero attached hydrogens (tertiary/aromatic N) is 2. The molecule has 2 aromatic carbocycles. The quantitative estimate of drug-likeness (QED) is 0.682. The molecule has 0 aliphatic carbocycles. The monoisotopic (exact) mass is 357 g/mol. The minimum Gasteiger partial charge on any atom is -0.306 e. The maximum atomic E-state index is 12.6. The lowest BCUT2D eigenvalue weighted by molar-refractivity contribution is 0.102. The molecule has 1 N–H and O–H groups in total. The summed E-state index contributed by atoms with van der Waals surface area (Å²) in [6, 6.07) is 16.9. The zero-order valence-corrected chi connectivity index (χ0v) is 14.9. The van der Waals surface area contributed by atoms with Crippen LogP contribution in [0.2, 0.25) is 5.02 Å². The molecule has 122 valence electrons. The van der Waals surface area contributed by atoms with Gasteiger partial charge in [-0.15, -0.1) is 11.8 Å². The van der Waals surface area contributed by atoms with Crippen molar-refractivity contribution in [1.29, 1.82) is 0 Å². The van der Waals surface area contributed by atoms with Crippen molar-refractivity contribution >= 4 is 35.1 Å². The third kappa shape index (κ3) is 3.47. The van der Waals surface area contributed by atoms with Crippen LogP contribution in [0.25, 0.3) is 5.69 Å². The molecule has 4 nitrogen and oxygen atoms in total. The molecule has 0 atom stereocenters. The first-order valence-corrected chi connectivity index (χ1v) is 8.96. The average Bonchev–Trinajstić information content (AvgIpc) is 2.96. The molecule has 0 spiro atoms. The lowest BCUT2D eigenvalue weighted by atomic mass is 10.2. The fourth-order valence-corrected chi connectivity index (χ4v) is 2.99. The second-order valence-electron chi connectivity index (χ2n) is 5.22. The van der Waals surface area contributed by atoms with E-state index in [4.69, 9.17) is 11.6 Å². The molecule has 0 aliphatic heterocycles. The third-order valence-corrected chi connectivity index (χ3v) is 4.55. The molecule has 6 heteroatoms. The number of amides is 1. The molecule has 0 saturated heterocycles. The topological polar surface area (TPSA) is 46.9 Å². The number of para-hydroxylation sites is 1. The van der Waals surface area contributed by atoms with Crippen molar-refractivity contribution in [1.82, 2.24) is 9.78 Å². The first kappa shape index (κ1) is 16.6. The molecule has 0 unspecified atom stereocenters. The summed E-state index contributed by atoms with van der Waals surface area (Å²) >= 11 is 7.75. The molecular formula is C18H16ClN3OS. The largest absolute Gasteiger partial charge is 0.306 e. The van der Waals surface area contributed by atoms with Gasteiger partial charge in [-0.1, -0.05) is 29.8 Å². The highest BCUT2D eigenvalue weighted by atomic mass is 35.5. The van der Waals surface area contributed by atoms with E-state index in [1.165, 1.54) is 0 Å². The van der Waals surface area contributed by atoms with Gasteiger partial charge in [-0.05, 0) is 43.5 Å². The van der Waals surface area contributed by atoms with E-state index in [2.05, 4.69) is 10.4 Å². The Morgan fingerprint density at radius 3 is 2.62 bits per heavy atom. The molecule has 24 heavy (non-hydrogen) atoms. The number of hydrogen-bond acceptors (Lipinski definition) is 3. The van der Waals surface area contributed by atoms with Gasteiger partial charge < -0.3 is 5.32 Å². The molecule has 3 rings (SSSR count). The Labute approximate surface area is 149 Å². The van der Waals surface area contributed by atoms with Crippen LogP contribution in [0.5, 0.6) is 0 Å². The highest BCUT2D eigenvalue weighted by Gasteiger charge is 2.15. The van der Waals surface area contributed by atoms with Crippen molar-refractivity contribution in [2.45, 2.75) is 11.8 Å². The fourth-order valence-electron chi connectivity index (χ4n) is 2.34. The first-order valence-electron chi connectivity index (χ1n) is 7.35. The standard InChI is InChI=1S/C18H16ClN3OS/c1-12-10-17(22(21-12)13-6-4-3-5-7-13)20-18(23)15-11-14(24-2)8-9-16(15)19/h3-11H,1-2H3,(H,20,23). The molecule has 0 fully saturated rings. The summed E-state index contributed by atoms with van der Waals surface area (Å²) in [5.41, 5.74) is 2.14. The summed E-state index contributed by atoms with van der Waals surface area (Å²) in [6.45, 7) is 1.89. The molecule has 0 radical (unpaired) electrons.